The van der Waals surface area contributed by atoms with Crippen LogP contribution in [-0.4, -0.2) is 24.1 Å². The Morgan fingerprint density at radius 3 is 2.26 bits per heavy atom. The van der Waals surface area contributed by atoms with Crippen molar-refractivity contribution in [1.82, 2.24) is 5.32 Å². The van der Waals surface area contributed by atoms with Crippen LogP contribution < -0.4 is 10.1 Å². The zero-order chi connectivity index (χ0) is 22.2. The Balaban J connectivity index is 1.69. The lowest BCUT2D eigenvalue weighted by molar-refractivity contribution is -0.141. The number of benzene rings is 3. The third-order valence-corrected chi connectivity index (χ3v) is 5.36. The molecular weight excluding hydrogens is 390 g/mol. The van der Waals surface area contributed by atoms with Gasteiger partial charge in [0.2, 0.25) is 0 Å². The molecule has 1 amide bonds. The first-order chi connectivity index (χ1) is 15.0. The highest BCUT2D eigenvalue weighted by atomic mass is 16.5. The van der Waals surface area contributed by atoms with Gasteiger partial charge in [-0.05, 0) is 47.7 Å². The molecule has 5 nitrogen and oxygen atoms in total. The van der Waals surface area contributed by atoms with Crippen molar-refractivity contribution >= 4 is 11.9 Å². The molecule has 0 aliphatic carbocycles. The third kappa shape index (κ3) is 5.72. The van der Waals surface area contributed by atoms with E-state index >= 15 is 0 Å². The molecule has 160 valence electrons. The Kier molecular flexibility index (Phi) is 7.44. The van der Waals surface area contributed by atoms with Crippen molar-refractivity contribution in [2.45, 2.75) is 26.3 Å². The molecule has 0 saturated heterocycles. The van der Waals surface area contributed by atoms with Crippen LogP contribution in [0.1, 0.15) is 34.8 Å². The summed E-state index contributed by atoms with van der Waals surface area (Å²) in [4.78, 5) is 24.0. The normalized spacial score (nSPS) is 11.5. The average Bonchev–Trinajstić information content (AvgIpc) is 2.81. The molecule has 31 heavy (non-hydrogen) atoms. The number of ether oxygens (including phenoxy) is 1. The molecule has 0 unspecified atom stereocenters. The van der Waals surface area contributed by atoms with E-state index < -0.39 is 11.9 Å². The lowest BCUT2D eigenvalue weighted by atomic mass is 9.95. The molecule has 0 aliphatic rings. The first-order valence-electron chi connectivity index (χ1n) is 10.3. The van der Waals surface area contributed by atoms with E-state index in [1.807, 2.05) is 79.7 Å². The van der Waals surface area contributed by atoms with Crippen LogP contribution >= 0.6 is 0 Å². The van der Waals surface area contributed by atoms with Crippen LogP contribution in [-0.2, 0) is 17.8 Å². The van der Waals surface area contributed by atoms with Crippen molar-refractivity contribution in [1.29, 1.82) is 0 Å². The number of nitrogens with one attached hydrogen (secondary N) is 1. The largest absolute Gasteiger partial charge is 0.496 e. The van der Waals surface area contributed by atoms with E-state index in [0.717, 1.165) is 22.3 Å². The number of carboxylic acids is 1. The highest BCUT2D eigenvalue weighted by molar-refractivity contribution is 5.94. The van der Waals surface area contributed by atoms with Gasteiger partial charge in [0, 0.05) is 17.7 Å². The number of carboxylic acid groups (broad SMARTS) is 1. The van der Waals surface area contributed by atoms with Gasteiger partial charge in [-0.3, -0.25) is 9.59 Å². The molecule has 1 atom stereocenters. The minimum Gasteiger partial charge on any atom is -0.496 e. The summed E-state index contributed by atoms with van der Waals surface area (Å²) in [6, 6.07) is 23.1. The summed E-state index contributed by atoms with van der Waals surface area (Å²) in [5.74, 6) is -0.748. The van der Waals surface area contributed by atoms with Crippen molar-refractivity contribution in [3.8, 4) is 16.9 Å². The van der Waals surface area contributed by atoms with E-state index in [1.165, 1.54) is 0 Å². The fourth-order valence-corrected chi connectivity index (χ4v) is 3.51. The lowest BCUT2D eigenvalue weighted by Gasteiger charge is -2.14. The summed E-state index contributed by atoms with van der Waals surface area (Å²) in [6.07, 6.45) is 1.00. The van der Waals surface area contributed by atoms with Crippen molar-refractivity contribution < 1.29 is 19.4 Å². The summed E-state index contributed by atoms with van der Waals surface area (Å²) in [5.41, 5.74) is 4.45. The highest BCUT2D eigenvalue weighted by Gasteiger charge is 2.17. The Morgan fingerprint density at radius 1 is 0.968 bits per heavy atom. The molecule has 0 aliphatic heterocycles. The van der Waals surface area contributed by atoms with Crippen molar-refractivity contribution in [2.75, 3.05) is 7.11 Å². The van der Waals surface area contributed by atoms with E-state index in [0.29, 0.717) is 30.7 Å². The number of carbonyl (C=O) groups is 2. The van der Waals surface area contributed by atoms with Crippen LogP contribution in [0.5, 0.6) is 5.75 Å². The van der Waals surface area contributed by atoms with Gasteiger partial charge >= 0.3 is 5.97 Å². The Morgan fingerprint density at radius 2 is 1.65 bits per heavy atom. The minimum atomic E-state index is -0.799. The predicted molar refractivity (Wildman–Crippen MR) is 121 cm³/mol. The quantitative estimate of drug-likeness (QED) is 0.517. The van der Waals surface area contributed by atoms with Gasteiger partial charge in [-0.25, -0.2) is 0 Å². The van der Waals surface area contributed by atoms with Gasteiger partial charge in [0.05, 0.1) is 13.0 Å². The van der Waals surface area contributed by atoms with Gasteiger partial charge in [-0.2, -0.15) is 0 Å². The number of hydrogen-bond donors (Lipinski definition) is 2. The molecule has 5 heteroatoms. The van der Waals surface area contributed by atoms with Crippen LogP contribution in [0.3, 0.4) is 0 Å². The predicted octanol–water partition coefficient (Wildman–Crippen LogP) is 4.95. The van der Waals surface area contributed by atoms with Gasteiger partial charge in [0.15, 0.2) is 0 Å². The lowest BCUT2D eigenvalue weighted by Crippen LogP contribution is -2.23. The van der Waals surface area contributed by atoms with Gasteiger partial charge in [0.1, 0.15) is 5.75 Å². The maximum absolute atomic E-state index is 12.6. The first-order valence-corrected chi connectivity index (χ1v) is 10.3. The molecule has 2 N–H and O–H groups in total. The fraction of sp³-hybridized carbons (Fsp3) is 0.231. The summed E-state index contributed by atoms with van der Waals surface area (Å²) in [5, 5.41) is 12.2. The second-order valence-corrected chi connectivity index (χ2v) is 7.42. The van der Waals surface area contributed by atoms with Crippen LogP contribution in [0.4, 0.5) is 0 Å². The van der Waals surface area contributed by atoms with E-state index in [2.05, 4.69) is 5.32 Å². The number of rotatable bonds is 9. The SMILES string of the molecule is CC[C@H](Cc1ccc(OC)c(CNC(=O)c2ccc(-c3ccccc3)cc2)c1)C(=O)O. The summed E-state index contributed by atoms with van der Waals surface area (Å²) in [7, 11) is 1.58. The van der Waals surface area contributed by atoms with E-state index in [9.17, 15) is 14.7 Å². The van der Waals surface area contributed by atoms with Crippen LogP contribution in [0, 0.1) is 5.92 Å². The average molecular weight is 418 g/mol. The molecule has 0 saturated carbocycles. The van der Waals surface area contributed by atoms with E-state index in [-0.39, 0.29) is 5.91 Å². The van der Waals surface area contributed by atoms with Crippen LogP contribution in [0.15, 0.2) is 72.8 Å². The Bertz CT molecular complexity index is 1030. The molecular formula is C26H27NO4. The summed E-state index contributed by atoms with van der Waals surface area (Å²) < 4.78 is 5.41. The van der Waals surface area contributed by atoms with Crippen molar-refractivity contribution in [2.24, 2.45) is 5.92 Å². The molecule has 3 aromatic rings. The van der Waals surface area contributed by atoms with Crippen LogP contribution in [0.25, 0.3) is 11.1 Å². The van der Waals surface area contributed by atoms with Gasteiger partial charge in [-0.1, -0.05) is 61.5 Å². The molecule has 0 spiro atoms. The summed E-state index contributed by atoms with van der Waals surface area (Å²) in [6.45, 7) is 2.16. The molecule has 0 aromatic heterocycles. The number of carbonyl (C=O) groups excluding carboxylic acids is 1. The Labute approximate surface area is 182 Å². The molecule has 0 fully saturated rings. The van der Waals surface area contributed by atoms with Crippen molar-refractivity contribution in [3.63, 3.8) is 0 Å². The monoisotopic (exact) mass is 417 g/mol. The zero-order valence-corrected chi connectivity index (χ0v) is 17.8. The number of amides is 1. The molecule has 0 radical (unpaired) electrons. The zero-order valence-electron chi connectivity index (χ0n) is 17.8. The molecule has 3 rings (SSSR count). The van der Waals surface area contributed by atoms with Gasteiger partial charge < -0.3 is 15.2 Å². The van der Waals surface area contributed by atoms with Crippen LogP contribution in [0.2, 0.25) is 0 Å². The van der Waals surface area contributed by atoms with Crippen molar-refractivity contribution in [3.05, 3.63) is 89.5 Å². The minimum absolute atomic E-state index is 0.177. The number of aliphatic carboxylic acids is 1. The smallest absolute Gasteiger partial charge is 0.306 e. The molecule has 0 heterocycles. The van der Waals surface area contributed by atoms with Gasteiger partial charge in [-0.15, -0.1) is 0 Å². The fourth-order valence-electron chi connectivity index (χ4n) is 3.51. The standard InChI is InChI=1S/C26H27NO4/c1-3-19(26(29)30)15-18-9-14-24(31-2)23(16-18)17-27-25(28)22-12-10-21(11-13-22)20-7-5-4-6-8-20/h4-14,16,19H,3,15,17H2,1-2H3,(H,27,28)(H,29,30)/t19-/m1/s1. The second kappa shape index (κ2) is 10.4. The maximum Gasteiger partial charge on any atom is 0.306 e. The van der Waals surface area contributed by atoms with E-state index in [4.69, 9.17) is 4.74 Å². The second-order valence-electron chi connectivity index (χ2n) is 7.42. The number of hydrogen-bond acceptors (Lipinski definition) is 3. The summed E-state index contributed by atoms with van der Waals surface area (Å²) >= 11 is 0. The molecule has 3 aromatic carbocycles. The first kappa shape index (κ1) is 22.1. The van der Waals surface area contributed by atoms with Gasteiger partial charge in [0.25, 0.3) is 5.91 Å². The molecule has 0 bridgehead atoms. The number of methoxy groups -OCH3 is 1. The topological polar surface area (TPSA) is 75.6 Å². The maximum atomic E-state index is 12.6. The van der Waals surface area contributed by atoms with E-state index in [1.54, 1.807) is 7.11 Å². The Hall–Kier alpha value is -3.60. The third-order valence-electron chi connectivity index (χ3n) is 5.36. The highest BCUT2D eigenvalue weighted by Crippen LogP contribution is 2.23.